The number of carbonyl (C=O) groups excluding carboxylic acids is 1. The summed E-state index contributed by atoms with van der Waals surface area (Å²) in [4.78, 5) is 16.0. The third-order valence-corrected chi connectivity index (χ3v) is 2.78. The highest BCUT2D eigenvalue weighted by atomic mass is 16.3. The minimum atomic E-state index is -0.171. The molecular weight excluding hydrogens is 256 g/mol. The average molecular weight is 268 g/mol. The lowest BCUT2D eigenvalue weighted by Crippen LogP contribution is -2.22. The largest absolute Gasteiger partial charge is 0.472 e. The van der Waals surface area contributed by atoms with Crippen molar-refractivity contribution < 1.29 is 9.21 Å². The monoisotopic (exact) mass is 268 g/mol. The van der Waals surface area contributed by atoms with Gasteiger partial charge in [0.15, 0.2) is 5.82 Å². The summed E-state index contributed by atoms with van der Waals surface area (Å²) in [5, 5.41) is 6.89. The van der Waals surface area contributed by atoms with Gasteiger partial charge in [0, 0.05) is 25.1 Å². The average Bonchev–Trinajstić information content (AvgIpc) is 3.18. The molecule has 20 heavy (non-hydrogen) atoms. The lowest BCUT2D eigenvalue weighted by Gasteiger charge is -2.05. The van der Waals surface area contributed by atoms with Crippen LogP contribution in [0.4, 0.5) is 0 Å². The normalized spacial score (nSPS) is 10.4. The molecule has 0 aliphatic heterocycles. The van der Waals surface area contributed by atoms with Gasteiger partial charge in [0.2, 0.25) is 0 Å². The predicted octanol–water partition coefficient (Wildman–Crippen LogP) is 1.79. The van der Waals surface area contributed by atoms with Gasteiger partial charge in [-0.2, -0.15) is 5.10 Å². The molecule has 0 unspecified atom stereocenters. The molecule has 3 rings (SSSR count). The summed E-state index contributed by atoms with van der Waals surface area (Å²) in [7, 11) is 0. The van der Waals surface area contributed by atoms with Crippen LogP contribution in [0.3, 0.4) is 0 Å². The number of furan rings is 1. The Balaban J connectivity index is 1.63. The lowest BCUT2D eigenvalue weighted by molar-refractivity contribution is 0.0950. The second kappa shape index (κ2) is 5.40. The molecule has 0 bridgehead atoms. The summed E-state index contributed by atoms with van der Waals surface area (Å²) in [5.74, 6) is 0.565. The Kier molecular flexibility index (Phi) is 3.28. The molecule has 0 spiro atoms. The standard InChI is InChI=1S/C14H12N4O2/c19-14(12-4-7-20-10-12)16-9-11-2-3-13(15-8-11)18-6-1-5-17-18/h1-8,10H,9H2,(H,16,19). The van der Waals surface area contributed by atoms with Crippen LogP contribution in [-0.4, -0.2) is 20.7 Å². The van der Waals surface area contributed by atoms with Crippen LogP contribution < -0.4 is 5.32 Å². The van der Waals surface area contributed by atoms with E-state index in [0.29, 0.717) is 12.1 Å². The zero-order valence-corrected chi connectivity index (χ0v) is 10.6. The minimum Gasteiger partial charge on any atom is -0.472 e. The Morgan fingerprint density at radius 2 is 2.30 bits per heavy atom. The van der Waals surface area contributed by atoms with E-state index in [9.17, 15) is 4.79 Å². The maximum absolute atomic E-state index is 11.7. The Labute approximate surface area is 115 Å². The number of hydrogen-bond donors (Lipinski definition) is 1. The molecule has 3 aromatic heterocycles. The smallest absolute Gasteiger partial charge is 0.254 e. The summed E-state index contributed by atoms with van der Waals surface area (Å²) in [6, 6.07) is 7.21. The van der Waals surface area contributed by atoms with E-state index >= 15 is 0 Å². The summed E-state index contributed by atoms with van der Waals surface area (Å²) in [5.41, 5.74) is 1.42. The first-order chi connectivity index (χ1) is 9.83. The van der Waals surface area contributed by atoms with E-state index in [1.165, 1.54) is 12.5 Å². The Bertz CT molecular complexity index is 673. The van der Waals surface area contributed by atoms with Gasteiger partial charge in [-0.15, -0.1) is 0 Å². The van der Waals surface area contributed by atoms with E-state index in [1.807, 2.05) is 24.4 Å². The van der Waals surface area contributed by atoms with Crippen LogP contribution in [0.15, 0.2) is 59.8 Å². The number of rotatable bonds is 4. The van der Waals surface area contributed by atoms with Crippen LogP contribution in [0.1, 0.15) is 15.9 Å². The van der Waals surface area contributed by atoms with Crippen molar-refractivity contribution in [2.75, 3.05) is 0 Å². The molecule has 0 saturated carbocycles. The third kappa shape index (κ3) is 2.59. The van der Waals surface area contributed by atoms with Gasteiger partial charge in [0.05, 0.1) is 11.8 Å². The van der Waals surface area contributed by atoms with Gasteiger partial charge in [-0.1, -0.05) is 6.07 Å². The number of aromatic nitrogens is 3. The van der Waals surface area contributed by atoms with Gasteiger partial charge in [-0.05, 0) is 23.8 Å². The number of hydrogen-bond acceptors (Lipinski definition) is 4. The number of nitrogens with zero attached hydrogens (tertiary/aromatic N) is 3. The first-order valence-electron chi connectivity index (χ1n) is 6.08. The molecule has 1 N–H and O–H groups in total. The third-order valence-electron chi connectivity index (χ3n) is 2.78. The molecule has 0 aliphatic rings. The Hall–Kier alpha value is -2.89. The lowest BCUT2D eigenvalue weighted by atomic mass is 10.2. The molecule has 6 heteroatoms. The zero-order valence-electron chi connectivity index (χ0n) is 10.6. The summed E-state index contributed by atoms with van der Waals surface area (Å²) in [6.07, 6.45) is 8.11. The van der Waals surface area contributed by atoms with Gasteiger partial charge in [-0.25, -0.2) is 9.67 Å². The van der Waals surface area contributed by atoms with E-state index < -0.39 is 0 Å². The molecule has 0 atom stereocenters. The van der Waals surface area contributed by atoms with Gasteiger partial charge >= 0.3 is 0 Å². The minimum absolute atomic E-state index is 0.171. The summed E-state index contributed by atoms with van der Waals surface area (Å²) < 4.78 is 6.54. The first-order valence-corrected chi connectivity index (χ1v) is 6.08. The van der Waals surface area contributed by atoms with Crippen molar-refractivity contribution in [1.29, 1.82) is 0 Å². The molecular formula is C14H12N4O2. The molecule has 0 radical (unpaired) electrons. The van der Waals surface area contributed by atoms with E-state index in [1.54, 1.807) is 23.1 Å². The van der Waals surface area contributed by atoms with Crippen molar-refractivity contribution in [2.45, 2.75) is 6.54 Å². The van der Waals surface area contributed by atoms with Crippen molar-refractivity contribution >= 4 is 5.91 Å². The summed E-state index contributed by atoms with van der Waals surface area (Å²) >= 11 is 0. The van der Waals surface area contributed by atoms with Crippen LogP contribution in [0, 0.1) is 0 Å². The predicted molar refractivity (Wildman–Crippen MR) is 71.2 cm³/mol. The molecule has 100 valence electrons. The fourth-order valence-corrected chi connectivity index (χ4v) is 1.74. The second-order valence-corrected chi connectivity index (χ2v) is 4.17. The molecule has 3 aromatic rings. The number of pyridine rings is 1. The van der Waals surface area contributed by atoms with Gasteiger partial charge in [-0.3, -0.25) is 4.79 Å². The van der Waals surface area contributed by atoms with Crippen LogP contribution in [0.25, 0.3) is 5.82 Å². The fourth-order valence-electron chi connectivity index (χ4n) is 1.74. The van der Waals surface area contributed by atoms with Crippen LogP contribution in [0.2, 0.25) is 0 Å². The van der Waals surface area contributed by atoms with E-state index in [0.717, 1.165) is 11.4 Å². The molecule has 1 amide bonds. The van der Waals surface area contributed by atoms with Crippen LogP contribution in [-0.2, 0) is 6.54 Å². The number of amides is 1. The Morgan fingerprint density at radius 3 is 2.95 bits per heavy atom. The number of carbonyl (C=O) groups is 1. The van der Waals surface area contributed by atoms with E-state index in [4.69, 9.17) is 4.42 Å². The van der Waals surface area contributed by atoms with Crippen molar-refractivity contribution in [1.82, 2.24) is 20.1 Å². The first kappa shape index (κ1) is 12.2. The van der Waals surface area contributed by atoms with Crippen LogP contribution in [0.5, 0.6) is 0 Å². The van der Waals surface area contributed by atoms with E-state index in [2.05, 4.69) is 15.4 Å². The van der Waals surface area contributed by atoms with E-state index in [-0.39, 0.29) is 5.91 Å². The van der Waals surface area contributed by atoms with Crippen molar-refractivity contribution in [2.24, 2.45) is 0 Å². The summed E-state index contributed by atoms with van der Waals surface area (Å²) in [6.45, 7) is 0.413. The highest BCUT2D eigenvalue weighted by molar-refractivity contribution is 5.93. The zero-order chi connectivity index (χ0) is 13.8. The SMILES string of the molecule is O=C(NCc1ccc(-n2cccn2)nc1)c1ccoc1. The molecule has 3 heterocycles. The maximum Gasteiger partial charge on any atom is 0.254 e. The van der Waals surface area contributed by atoms with Crippen molar-refractivity contribution in [3.8, 4) is 5.82 Å². The van der Waals surface area contributed by atoms with Crippen LogP contribution >= 0.6 is 0 Å². The van der Waals surface area contributed by atoms with Gasteiger partial charge < -0.3 is 9.73 Å². The molecule has 6 nitrogen and oxygen atoms in total. The highest BCUT2D eigenvalue weighted by Gasteiger charge is 2.06. The number of nitrogens with one attached hydrogen (secondary N) is 1. The topological polar surface area (TPSA) is 73.0 Å². The molecule has 0 fully saturated rings. The molecule has 0 saturated heterocycles. The van der Waals surface area contributed by atoms with Crippen molar-refractivity contribution in [3.63, 3.8) is 0 Å². The fraction of sp³-hybridized carbons (Fsp3) is 0.0714. The maximum atomic E-state index is 11.7. The quantitative estimate of drug-likeness (QED) is 0.783. The molecule has 0 aromatic carbocycles. The highest BCUT2D eigenvalue weighted by Crippen LogP contribution is 2.05. The Morgan fingerprint density at radius 1 is 1.35 bits per heavy atom. The second-order valence-electron chi connectivity index (χ2n) is 4.17. The van der Waals surface area contributed by atoms with Gasteiger partial charge in [0.25, 0.3) is 5.91 Å². The van der Waals surface area contributed by atoms with Gasteiger partial charge in [0.1, 0.15) is 6.26 Å². The molecule has 0 aliphatic carbocycles. The van der Waals surface area contributed by atoms with Crippen molar-refractivity contribution in [3.05, 3.63) is 66.5 Å².